The third-order valence-corrected chi connectivity index (χ3v) is 4.77. The molecule has 2 aromatic heterocycles. The molecule has 0 unspecified atom stereocenters. The molecule has 0 atom stereocenters. The maximum absolute atomic E-state index is 5.95. The van der Waals surface area contributed by atoms with Gasteiger partial charge in [0, 0.05) is 4.47 Å². The number of halogens is 2. The Morgan fingerprint density at radius 2 is 2.11 bits per heavy atom. The van der Waals surface area contributed by atoms with Gasteiger partial charge in [0.25, 0.3) is 0 Å². The molecule has 0 spiro atoms. The van der Waals surface area contributed by atoms with Gasteiger partial charge in [0.1, 0.15) is 10.6 Å². The van der Waals surface area contributed by atoms with E-state index in [1.165, 1.54) is 0 Å². The van der Waals surface area contributed by atoms with Gasteiger partial charge in [-0.3, -0.25) is 0 Å². The number of rotatable bonds is 2. The average molecular weight is 355 g/mol. The second-order valence-electron chi connectivity index (χ2n) is 4.04. The summed E-state index contributed by atoms with van der Waals surface area (Å²) in [6.07, 6.45) is 0. The zero-order valence-corrected chi connectivity index (χ0v) is 13.1. The highest BCUT2D eigenvalue weighted by Gasteiger charge is 2.10. The lowest BCUT2D eigenvalue weighted by atomic mass is 10.2. The molecule has 0 saturated heterocycles. The van der Waals surface area contributed by atoms with E-state index in [0.717, 1.165) is 31.8 Å². The number of thiophene rings is 1. The Balaban J connectivity index is 2.10. The van der Waals surface area contributed by atoms with Crippen molar-refractivity contribution in [3.63, 3.8) is 0 Å². The highest BCUT2D eigenvalue weighted by molar-refractivity contribution is 9.10. The van der Waals surface area contributed by atoms with Gasteiger partial charge in [-0.2, -0.15) is 4.98 Å². The molecule has 19 heavy (non-hydrogen) atoms. The van der Waals surface area contributed by atoms with Gasteiger partial charge >= 0.3 is 0 Å². The summed E-state index contributed by atoms with van der Waals surface area (Å²) < 4.78 is 1.02. The van der Waals surface area contributed by atoms with Crippen molar-refractivity contribution in [3.05, 3.63) is 45.0 Å². The third kappa shape index (κ3) is 2.45. The van der Waals surface area contributed by atoms with Crippen LogP contribution in [0.1, 0.15) is 5.56 Å². The minimum Gasteiger partial charge on any atom is -0.339 e. The van der Waals surface area contributed by atoms with Gasteiger partial charge in [0.15, 0.2) is 0 Å². The molecule has 0 aliphatic rings. The van der Waals surface area contributed by atoms with Crippen LogP contribution >= 0.6 is 38.9 Å². The van der Waals surface area contributed by atoms with Crippen LogP contribution in [0.5, 0.6) is 0 Å². The number of aromatic nitrogens is 2. The van der Waals surface area contributed by atoms with E-state index in [1.807, 2.05) is 36.6 Å². The number of anilines is 2. The number of fused-ring (bicyclic) bond motifs is 1. The number of nitrogens with zero attached hydrogens (tertiary/aromatic N) is 2. The molecule has 1 N–H and O–H groups in total. The van der Waals surface area contributed by atoms with Gasteiger partial charge in [0.05, 0.1) is 11.1 Å². The van der Waals surface area contributed by atoms with Crippen LogP contribution in [0.25, 0.3) is 10.2 Å². The van der Waals surface area contributed by atoms with E-state index in [-0.39, 0.29) is 5.28 Å². The summed E-state index contributed by atoms with van der Waals surface area (Å²) in [5, 5.41) is 6.51. The maximum atomic E-state index is 5.95. The summed E-state index contributed by atoms with van der Waals surface area (Å²) in [5.74, 6) is 0.725. The summed E-state index contributed by atoms with van der Waals surface area (Å²) in [7, 11) is 0. The van der Waals surface area contributed by atoms with E-state index in [0.29, 0.717) is 0 Å². The molecule has 3 nitrogen and oxygen atoms in total. The molecule has 3 aromatic rings. The topological polar surface area (TPSA) is 37.8 Å². The van der Waals surface area contributed by atoms with E-state index < -0.39 is 0 Å². The van der Waals surface area contributed by atoms with Crippen molar-refractivity contribution in [1.29, 1.82) is 0 Å². The molecule has 0 bridgehead atoms. The van der Waals surface area contributed by atoms with Crippen molar-refractivity contribution in [2.24, 2.45) is 0 Å². The summed E-state index contributed by atoms with van der Waals surface area (Å²) in [4.78, 5) is 9.35. The number of hydrogen-bond acceptors (Lipinski definition) is 4. The van der Waals surface area contributed by atoms with Crippen molar-refractivity contribution < 1.29 is 0 Å². The highest BCUT2D eigenvalue weighted by Crippen LogP contribution is 2.32. The first kappa shape index (κ1) is 12.8. The fraction of sp³-hybridized carbons (Fsp3) is 0.0769. The van der Waals surface area contributed by atoms with Crippen LogP contribution in [0, 0.1) is 6.92 Å². The predicted molar refractivity (Wildman–Crippen MR) is 84.6 cm³/mol. The molecule has 0 amide bonds. The van der Waals surface area contributed by atoms with Gasteiger partial charge in [-0.1, -0.05) is 12.1 Å². The van der Waals surface area contributed by atoms with E-state index in [2.05, 4.69) is 31.2 Å². The van der Waals surface area contributed by atoms with E-state index in [4.69, 9.17) is 11.6 Å². The van der Waals surface area contributed by atoms with Crippen LogP contribution in [0.2, 0.25) is 5.28 Å². The minimum absolute atomic E-state index is 0.251. The summed E-state index contributed by atoms with van der Waals surface area (Å²) in [5.41, 5.74) is 2.12. The number of nitrogens with one attached hydrogen (secondary N) is 1. The molecular formula is C13H9BrClN3S. The number of benzene rings is 1. The van der Waals surface area contributed by atoms with Crippen molar-refractivity contribution >= 4 is 60.6 Å². The summed E-state index contributed by atoms with van der Waals surface area (Å²) in [6, 6.07) is 8.02. The number of aryl methyl sites for hydroxylation is 1. The quantitative estimate of drug-likeness (QED) is 0.646. The van der Waals surface area contributed by atoms with Crippen molar-refractivity contribution in [2.75, 3.05) is 5.32 Å². The Hall–Kier alpha value is -1.17. The van der Waals surface area contributed by atoms with Crippen LogP contribution in [0.15, 0.2) is 34.1 Å². The molecule has 6 heteroatoms. The molecule has 96 valence electrons. The minimum atomic E-state index is 0.251. The van der Waals surface area contributed by atoms with Gasteiger partial charge < -0.3 is 5.32 Å². The van der Waals surface area contributed by atoms with Crippen LogP contribution in [0.4, 0.5) is 11.5 Å². The van der Waals surface area contributed by atoms with Crippen molar-refractivity contribution in [2.45, 2.75) is 6.92 Å². The van der Waals surface area contributed by atoms with Crippen LogP contribution < -0.4 is 5.32 Å². The Kier molecular flexibility index (Phi) is 3.43. The Labute approximate surface area is 127 Å². The first-order chi connectivity index (χ1) is 9.15. The van der Waals surface area contributed by atoms with Gasteiger partial charge in [-0.25, -0.2) is 4.98 Å². The average Bonchev–Trinajstić information content (AvgIpc) is 2.83. The Morgan fingerprint density at radius 3 is 2.95 bits per heavy atom. The SMILES string of the molecule is Cc1cccc(Nc2nc(Cl)nc3sccc23)c1Br. The normalized spacial score (nSPS) is 10.9. The zero-order chi connectivity index (χ0) is 13.4. The molecule has 2 heterocycles. The van der Waals surface area contributed by atoms with Crippen molar-refractivity contribution in [1.82, 2.24) is 9.97 Å². The molecule has 0 aliphatic heterocycles. The number of hydrogen-bond donors (Lipinski definition) is 1. The largest absolute Gasteiger partial charge is 0.339 e. The summed E-state index contributed by atoms with van der Waals surface area (Å²) in [6.45, 7) is 2.04. The first-order valence-electron chi connectivity index (χ1n) is 5.58. The van der Waals surface area contributed by atoms with Crippen LogP contribution in [-0.4, -0.2) is 9.97 Å². The zero-order valence-electron chi connectivity index (χ0n) is 9.95. The van der Waals surface area contributed by atoms with Gasteiger partial charge in [0.2, 0.25) is 5.28 Å². The lowest BCUT2D eigenvalue weighted by Crippen LogP contribution is -1.97. The molecule has 0 aliphatic carbocycles. The maximum Gasteiger partial charge on any atom is 0.225 e. The van der Waals surface area contributed by atoms with E-state index >= 15 is 0 Å². The van der Waals surface area contributed by atoms with Crippen LogP contribution in [0.3, 0.4) is 0 Å². The fourth-order valence-electron chi connectivity index (χ4n) is 1.80. The monoisotopic (exact) mass is 353 g/mol. The third-order valence-electron chi connectivity index (χ3n) is 2.74. The smallest absolute Gasteiger partial charge is 0.225 e. The second-order valence-corrected chi connectivity index (χ2v) is 6.07. The van der Waals surface area contributed by atoms with Crippen LogP contribution in [-0.2, 0) is 0 Å². The Bertz CT molecular complexity index is 757. The molecular weight excluding hydrogens is 346 g/mol. The molecule has 0 radical (unpaired) electrons. The van der Waals surface area contributed by atoms with Gasteiger partial charge in [-0.05, 0) is 57.5 Å². The molecule has 1 aromatic carbocycles. The second kappa shape index (κ2) is 5.07. The van der Waals surface area contributed by atoms with E-state index in [1.54, 1.807) is 11.3 Å². The molecule has 0 saturated carbocycles. The molecule has 0 fully saturated rings. The predicted octanol–water partition coefficient (Wildman–Crippen LogP) is 5.16. The highest BCUT2D eigenvalue weighted by atomic mass is 79.9. The Morgan fingerprint density at radius 1 is 1.26 bits per heavy atom. The lowest BCUT2D eigenvalue weighted by molar-refractivity contribution is 1.23. The van der Waals surface area contributed by atoms with E-state index in [9.17, 15) is 0 Å². The summed E-state index contributed by atoms with van der Waals surface area (Å²) >= 11 is 11.1. The van der Waals surface area contributed by atoms with Crippen molar-refractivity contribution in [3.8, 4) is 0 Å². The molecule has 3 rings (SSSR count). The lowest BCUT2D eigenvalue weighted by Gasteiger charge is -2.10. The van der Waals surface area contributed by atoms with Gasteiger partial charge in [-0.15, -0.1) is 11.3 Å². The first-order valence-corrected chi connectivity index (χ1v) is 7.63. The fourth-order valence-corrected chi connectivity index (χ4v) is 3.14. The standard InChI is InChI=1S/C13H9BrClN3S/c1-7-3-2-4-9(10(7)14)16-11-8-5-6-19-12(8)18-13(15)17-11/h2-6H,1H3,(H,16,17,18).